The van der Waals surface area contributed by atoms with E-state index in [0.717, 1.165) is 144 Å². The molecule has 16 aromatic rings. The summed E-state index contributed by atoms with van der Waals surface area (Å²) in [6, 6.07) is 85.8. The lowest BCUT2D eigenvalue weighted by Gasteiger charge is -2.40. The van der Waals surface area contributed by atoms with Gasteiger partial charge in [-0.25, -0.2) is 0 Å². The Bertz CT molecular complexity index is 5230. The van der Waals surface area contributed by atoms with Gasteiger partial charge < -0.3 is 23.0 Å². The first-order valence-corrected chi connectivity index (χ1v) is 27.4. The van der Waals surface area contributed by atoms with Crippen LogP contribution in [-0.2, 0) is 5.41 Å². The lowest BCUT2D eigenvalue weighted by atomic mass is 9.66. The third-order valence-corrected chi connectivity index (χ3v) is 17.5. The van der Waals surface area contributed by atoms with Crippen LogP contribution < -0.4 is 4.74 Å². The number of fused-ring (bicyclic) bond motifs is 21. The number of nitriles is 2. The van der Waals surface area contributed by atoms with Crippen LogP contribution >= 0.6 is 0 Å². The maximum absolute atomic E-state index is 10.3. The Morgan fingerprint density at radius 3 is 1.00 bits per heavy atom. The Morgan fingerprint density at radius 2 is 0.646 bits per heavy atom. The molecule has 0 unspecified atom stereocenters. The zero-order chi connectivity index (χ0) is 53.9. The Hall–Kier alpha value is -11.5. The molecule has 0 radical (unpaired) electrons. The molecule has 10 aromatic carbocycles. The lowest BCUT2D eigenvalue weighted by Crippen LogP contribution is -2.33. The zero-order valence-corrected chi connectivity index (χ0v) is 43.6. The Labute approximate surface area is 467 Å². The highest BCUT2D eigenvalue weighted by Gasteiger charge is 2.54. The van der Waals surface area contributed by atoms with Crippen molar-refractivity contribution < 1.29 is 4.74 Å². The summed E-state index contributed by atoms with van der Waals surface area (Å²) < 4.78 is 17.2. The van der Waals surface area contributed by atoms with Gasteiger partial charge >= 0.3 is 0 Å². The topological polar surface area (TPSA) is 102 Å². The summed E-state index contributed by atoms with van der Waals surface area (Å²) in [5.41, 5.74) is 17.0. The second-order valence-electron chi connectivity index (χ2n) is 21.5. The lowest BCUT2D eigenvalue weighted by molar-refractivity contribution is 0.433. The van der Waals surface area contributed by atoms with Crippen LogP contribution in [0.1, 0.15) is 33.4 Å². The average molecular weight is 1050 g/mol. The molecule has 0 atom stereocenters. The van der Waals surface area contributed by atoms with E-state index in [1.54, 1.807) is 0 Å². The second-order valence-corrected chi connectivity index (χ2v) is 21.5. The van der Waals surface area contributed by atoms with E-state index in [2.05, 4.69) is 225 Å². The molecule has 0 N–H and O–H groups in total. The molecule has 9 heteroatoms. The molecule has 2 aliphatic rings. The molecular formula is C73H40N8O. The molecular weight excluding hydrogens is 1000 g/mol. The van der Waals surface area contributed by atoms with Crippen molar-refractivity contribution in [1.29, 1.82) is 10.5 Å². The van der Waals surface area contributed by atoms with E-state index in [1.807, 2.05) is 48.8 Å². The molecule has 0 fully saturated rings. The van der Waals surface area contributed by atoms with Gasteiger partial charge in [-0.05, 0) is 97.1 Å². The summed E-state index contributed by atoms with van der Waals surface area (Å²) in [6.07, 6.45) is 4.02. The Morgan fingerprint density at radius 1 is 0.317 bits per heavy atom. The SMILES string of the molecule is N#Cc1ccc2c(c1)c1cc(C#N)ccc1n2-c1cccc2c1Oc1c(-n3c4ccccc4c4ccccc43)cccc1C21c2cc(-n3c4ccccc4c4ccccc43)cnc2-c2ncc(-n3c4ccccc4c4ccccc43)cc21. The van der Waals surface area contributed by atoms with Crippen LogP contribution in [0.25, 0.3) is 121 Å². The van der Waals surface area contributed by atoms with Crippen molar-refractivity contribution in [3.8, 4) is 57.8 Å². The molecule has 9 nitrogen and oxygen atoms in total. The van der Waals surface area contributed by atoms with Gasteiger partial charge in [0.2, 0.25) is 0 Å². The Balaban J connectivity index is 1.02. The van der Waals surface area contributed by atoms with Crippen molar-refractivity contribution >= 4 is 87.2 Å². The van der Waals surface area contributed by atoms with Crippen molar-refractivity contribution in [2.24, 2.45) is 0 Å². The Kier molecular flexibility index (Phi) is 8.83. The minimum atomic E-state index is -1.12. The fourth-order valence-corrected chi connectivity index (χ4v) is 14.3. The van der Waals surface area contributed by atoms with Gasteiger partial charge in [-0.15, -0.1) is 0 Å². The van der Waals surface area contributed by atoms with Crippen molar-refractivity contribution in [2.75, 3.05) is 0 Å². The van der Waals surface area contributed by atoms with E-state index >= 15 is 0 Å². The summed E-state index contributed by atoms with van der Waals surface area (Å²) >= 11 is 0. The van der Waals surface area contributed by atoms with E-state index in [0.29, 0.717) is 22.6 Å². The molecule has 0 saturated heterocycles. The number of para-hydroxylation sites is 8. The van der Waals surface area contributed by atoms with Gasteiger partial charge in [-0.3, -0.25) is 9.97 Å². The van der Waals surface area contributed by atoms with Crippen molar-refractivity contribution in [1.82, 2.24) is 28.2 Å². The number of pyridine rings is 2. The number of hydrogen-bond acceptors (Lipinski definition) is 5. The van der Waals surface area contributed by atoms with Crippen LogP contribution in [0.15, 0.2) is 243 Å². The molecule has 1 aliphatic heterocycles. The third kappa shape index (κ3) is 5.67. The number of nitrogens with zero attached hydrogens (tertiary/aromatic N) is 8. The van der Waals surface area contributed by atoms with Gasteiger partial charge in [-0.1, -0.05) is 133 Å². The highest BCUT2D eigenvalue weighted by atomic mass is 16.5. The van der Waals surface area contributed by atoms with Gasteiger partial charge in [0, 0.05) is 65.3 Å². The van der Waals surface area contributed by atoms with Crippen LogP contribution in [0.2, 0.25) is 0 Å². The molecule has 6 aromatic heterocycles. The van der Waals surface area contributed by atoms with Gasteiger partial charge in [0.25, 0.3) is 0 Å². The smallest absolute Gasteiger partial charge is 0.156 e. The first kappa shape index (κ1) is 44.5. The summed E-state index contributed by atoms with van der Waals surface area (Å²) in [4.78, 5) is 11.2. The quantitative estimate of drug-likeness (QED) is 0.175. The van der Waals surface area contributed by atoms with Crippen molar-refractivity contribution in [2.45, 2.75) is 5.41 Å². The molecule has 18 rings (SSSR count). The van der Waals surface area contributed by atoms with E-state index in [4.69, 9.17) is 14.7 Å². The van der Waals surface area contributed by atoms with Crippen LogP contribution in [0.3, 0.4) is 0 Å². The van der Waals surface area contributed by atoms with Gasteiger partial charge in [-0.2, -0.15) is 10.5 Å². The number of hydrogen-bond donors (Lipinski definition) is 0. The fraction of sp³-hybridized carbons (Fsp3) is 0.0137. The van der Waals surface area contributed by atoms with Gasteiger partial charge in [0.15, 0.2) is 11.5 Å². The summed E-state index contributed by atoms with van der Waals surface area (Å²) in [6.45, 7) is 0. The molecule has 1 spiro atoms. The van der Waals surface area contributed by atoms with E-state index in [1.165, 1.54) is 0 Å². The predicted octanol–water partition coefficient (Wildman–Crippen LogP) is 17.1. The largest absolute Gasteiger partial charge is 0.452 e. The maximum atomic E-state index is 10.3. The van der Waals surface area contributed by atoms with Crippen molar-refractivity contribution in [3.63, 3.8) is 0 Å². The minimum absolute atomic E-state index is 0.529. The average Bonchev–Trinajstić information content (AvgIpc) is 1.90. The van der Waals surface area contributed by atoms with Crippen LogP contribution in [0.4, 0.5) is 0 Å². The highest BCUT2D eigenvalue weighted by Crippen LogP contribution is 2.64. The van der Waals surface area contributed by atoms with Gasteiger partial charge in [0.1, 0.15) is 0 Å². The summed E-state index contributed by atoms with van der Waals surface area (Å²) in [5.74, 6) is 1.34. The van der Waals surface area contributed by atoms with Crippen LogP contribution in [0, 0.1) is 22.7 Å². The zero-order valence-electron chi connectivity index (χ0n) is 43.6. The maximum Gasteiger partial charge on any atom is 0.156 e. The molecule has 7 heterocycles. The fourth-order valence-electron chi connectivity index (χ4n) is 14.3. The molecule has 0 amide bonds. The monoisotopic (exact) mass is 1040 g/mol. The number of aromatic nitrogens is 6. The standard InChI is InChI=1S/C73H40N8O/c74-39-43-31-33-65-53(35-43)54-36-44(40-75)32-34-66(54)81(65)68-30-14-22-56-72(68)82-71-55(21-13-29-67(71)80-63-27-11-5-19-51(63)52-20-6-12-28-64(52)80)73(56)57-37-45(78-59-23-7-1-15-47(59)48-16-2-8-24-60(48)78)41-76-69(57)70-58(73)38-46(42-77-70)79-61-25-9-3-17-49(61)50-18-4-10-26-62(50)79/h1-38,41-42H. The van der Waals surface area contributed by atoms with E-state index < -0.39 is 5.41 Å². The van der Waals surface area contributed by atoms with E-state index in [9.17, 15) is 10.5 Å². The van der Waals surface area contributed by atoms with E-state index in [-0.39, 0.29) is 0 Å². The number of ether oxygens (including phenoxy) is 1. The molecule has 1 aliphatic carbocycles. The third-order valence-electron chi connectivity index (χ3n) is 17.5. The second kappa shape index (κ2) is 16.3. The first-order chi connectivity index (χ1) is 40.6. The summed E-state index contributed by atoms with van der Waals surface area (Å²) in [7, 11) is 0. The summed E-state index contributed by atoms with van der Waals surface area (Å²) in [5, 5.41) is 29.2. The highest BCUT2D eigenvalue weighted by molar-refractivity contribution is 6.13. The number of rotatable bonds is 4. The minimum Gasteiger partial charge on any atom is -0.452 e. The first-order valence-electron chi connectivity index (χ1n) is 27.4. The molecule has 378 valence electrons. The van der Waals surface area contributed by atoms with Crippen LogP contribution in [-0.4, -0.2) is 28.2 Å². The predicted molar refractivity (Wildman–Crippen MR) is 326 cm³/mol. The molecule has 0 saturated carbocycles. The molecule has 82 heavy (non-hydrogen) atoms. The molecule has 0 bridgehead atoms. The van der Waals surface area contributed by atoms with Crippen LogP contribution in [0.5, 0.6) is 11.5 Å². The van der Waals surface area contributed by atoms with Gasteiger partial charge in [0.05, 0.1) is 119 Å². The normalized spacial score (nSPS) is 13.0. The van der Waals surface area contributed by atoms with Crippen molar-refractivity contribution in [3.05, 3.63) is 276 Å². The number of benzene rings is 10.